The molecule has 0 saturated carbocycles. The number of rotatable bonds is 1. The summed E-state index contributed by atoms with van der Waals surface area (Å²) in [6, 6.07) is 10.5. The number of benzene rings is 1. The summed E-state index contributed by atoms with van der Waals surface area (Å²) in [5, 5.41) is 2.78. The summed E-state index contributed by atoms with van der Waals surface area (Å²) in [6.45, 7) is 7.09. The molecule has 1 aromatic heterocycles. The van der Waals surface area contributed by atoms with Gasteiger partial charge in [0.05, 0.1) is 13.6 Å². The average Bonchev–Trinajstić information content (AvgIpc) is 2.15. The van der Waals surface area contributed by atoms with Gasteiger partial charge in [-0.2, -0.15) is 0 Å². The van der Waals surface area contributed by atoms with Gasteiger partial charge in [0.15, 0.2) is 0 Å². The van der Waals surface area contributed by atoms with Crippen LogP contribution in [0.3, 0.4) is 0 Å². The van der Waals surface area contributed by atoms with Crippen LogP contribution in [0, 0.1) is 0 Å². The molecule has 1 nitrogen and oxygen atoms in total. The predicted molar refractivity (Wildman–Crippen MR) is 72.4 cm³/mol. The third kappa shape index (κ3) is 2.13. The molecule has 0 aliphatic heterocycles. The largest absolute Gasteiger partial charge is 0.241 e. The molecule has 0 bridgehead atoms. The molecule has 2 aromatic rings. The quantitative estimate of drug-likeness (QED) is 0.575. The Morgan fingerprint density at radius 3 is 2.47 bits per heavy atom. The molecule has 0 N–H and O–H groups in total. The van der Waals surface area contributed by atoms with E-state index in [1.807, 2.05) is 6.07 Å². The van der Waals surface area contributed by atoms with Gasteiger partial charge in [0.2, 0.25) is 0 Å². The summed E-state index contributed by atoms with van der Waals surface area (Å²) < 4.78 is 0.943. The lowest BCUT2D eigenvalue weighted by Crippen LogP contribution is -2.38. The molecule has 1 heterocycles. The lowest BCUT2D eigenvalue weighted by Gasteiger charge is -2.19. The van der Waals surface area contributed by atoms with Crippen LogP contribution in [0.4, 0.5) is 0 Å². The van der Waals surface area contributed by atoms with Gasteiger partial charge in [0.25, 0.3) is 0 Å². The second-order valence-electron chi connectivity index (χ2n) is 4.76. The van der Waals surface area contributed by atoms with Crippen LogP contribution >= 0.6 is 15.9 Å². The van der Waals surface area contributed by atoms with Crippen LogP contribution in [-0.2, 0) is 0 Å². The number of halogens is 1. The highest BCUT2D eigenvalue weighted by atomic mass is 79.9. The summed E-state index contributed by atoms with van der Waals surface area (Å²) in [5.41, 5.74) is 1.09. The van der Waals surface area contributed by atoms with Crippen LogP contribution < -0.4 is 5.19 Å². The fourth-order valence-corrected chi connectivity index (χ4v) is 3.98. The van der Waals surface area contributed by atoms with E-state index in [9.17, 15) is 0 Å². The van der Waals surface area contributed by atoms with Crippen molar-refractivity contribution < 1.29 is 0 Å². The Morgan fingerprint density at radius 2 is 1.80 bits per heavy atom. The van der Waals surface area contributed by atoms with E-state index < -0.39 is 8.07 Å². The first kappa shape index (κ1) is 10.8. The van der Waals surface area contributed by atoms with Gasteiger partial charge in [-0.25, -0.2) is 4.98 Å². The molecule has 2 rings (SSSR count). The lowest BCUT2D eigenvalue weighted by atomic mass is 10.2. The van der Waals surface area contributed by atoms with Gasteiger partial charge in [0.1, 0.15) is 4.60 Å². The number of fused-ring (bicyclic) bond motifs is 1. The molecule has 0 spiro atoms. The summed E-state index contributed by atoms with van der Waals surface area (Å²) >= 11 is 3.49. The van der Waals surface area contributed by atoms with E-state index in [0.717, 1.165) is 10.1 Å². The maximum Gasteiger partial charge on any atom is 0.106 e. The molecule has 0 unspecified atom stereocenters. The number of hydrogen-bond acceptors (Lipinski definition) is 1. The SMILES string of the molecule is C[Si](C)(C)c1cc(Br)nc2ccccc12. The molecule has 0 fully saturated rings. The van der Waals surface area contributed by atoms with E-state index in [1.54, 1.807) is 0 Å². The summed E-state index contributed by atoms with van der Waals surface area (Å²) in [7, 11) is -1.30. The predicted octanol–water partition coefficient (Wildman–Crippen LogP) is 3.54. The monoisotopic (exact) mass is 279 g/mol. The normalized spacial score (nSPS) is 12.0. The number of nitrogens with zero attached hydrogens (tertiary/aromatic N) is 1. The Labute approximate surface area is 99.7 Å². The molecule has 0 aliphatic carbocycles. The van der Waals surface area contributed by atoms with Crippen molar-refractivity contribution in [3.05, 3.63) is 34.9 Å². The second-order valence-corrected chi connectivity index (χ2v) is 10.6. The minimum Gasteiger partial charge on any atom is -0.241 e. The van der Waals surface area contributed by atoms with Gasteiger partial charge >= 0.3 is 0 Å². The minimum atomic E-state index is -1.30. The van der Waals surface area contributed by atoms with Gasteiger partial charge in [0, 0.05) is 0 Å². The van der Waals surface area contributed by atoms with E-state index in [4.69, 9.17) is 0 Å². The fraction of sp³-hybridized carbons (Fsp3) is 0.250. The number of pyridine rings is 1. The van der Waals surface area contributed by atoms with Crippen LogP contribution in [0.2, 0.25) is 19.6 Å². The van der Waals surface area contributed by atoms with Crippen molar-refractivity contribution in [2.75, 3.05) is 0 Å². The lowest BCUT2D eigenvalue weighted by molar-refractivity contribution is 1.36. The van der Waals surface area contributed by atoms with Crippen molar-refractivity contribution in [3.63, 3.8) is 0 Å². The molecule has 1 aromatic carbocycles. The molecular formula is C12H14BrNSi. The Kier molecular flexibility index (Phi) is 2.69. The fourth-order valence-electron chi connectivity index (χ4n) is 1.76. The third-order valence-electron chi connectivity index (χ3n) is 2.49. The van der Waals surface area contributed by atoms with Crippen LogP contribution in [-0.4, -0.2) is 13.1 Å². The van der Waals surface area contributed by atoms with Crippen molar-refractivity contribution in [3.8, 4) is 0 Å². The van der Waals surface area contributed by atoms with E-state index in [2.05, 4.69) is 64.8 Å². The van der Waals surface area contributed by atoms with Crippen LogP contribution in [0.1, 0.15) is 0 Å². The smallest absolute Gasteiger partial charge is 0.106 e. The van der Waals surface area contributed by atoms with Crippen LogP contribution in [0.15, 0.2) is 34.9 Å². The highest BCUT2D eigenvalue weighted by molar-refractivity contribution is 9.10. The van der Waals surface area contributed by atoms with E-state index in [0.29, 0.717) is 0 Å². The first-order valence-electron chi connectivity index (χ1n) is 5.04. The highest BCUT2D eigenvalue weighted by Gasteiger charge is 2.19. The van der Waals surface area contributed by atoms with Crippen LogP contribution in [0.5, 0.6) is 0 Å². The van der Waals surface area contributed by atoms with Gasteiger partial charge in [-0.05, 0) is 38.6 Å². The zero-order valence-electron chi connectivity index (χ0n) is 9.21. The van der Waals surface area contributed by atoms with E-state index >= 15 is 0 Å². The Bertz CT molecular complexity index is 502. The molecule has 0 amide bonds. The topological polar surface area (TPSA) is 12.9 Å². The van der Waals surface area contributed by atoms with Gasteiger partial charge in [-0.1, -0.05) is 37.8 Å². The van der Waals surface area contributed by atoms with Crippen LogP contribution in [0.25, 0.3) is 10.9 Å². The zero-order valence-corrected chi connectivity index (χ0v) is 11.8. The van der Waals surface area contributed by atoms with Gasteiger partial charge in [-0.15, -0.1) is 0 Å². The first-order valence-corrected chi connectivity index (χ1v) is 9.33. The minimum absolute atomic E-state index is 0.943. The maximum atomic E-state index is 4.49. The second kappa shape index (κ2) is 3.72. The van der Waals surface area contributed by atoms with Crippen molar-refractivity contribution in [1.29, 1.82) is 0 Å². The molecule has 0 aliphatic rings. The summed E-state index contributed by atoms with van der Waals surface area (Å²) in [6.07, 6.45) is 0. The number of para-hydroxylation sites is 1. The zero-order chi connectivity index (χ0) is 11.1. The Morgan fingerprint density at radius 1 is 1.13 bits per heavy atom. The van der Waals surface area contributed by atoms with E-state index in [1.165, 1.54) is 10.6 Å². The van der Waals surface area contributed by atoms with Gasteiger partial charge < -0.3 is 0 Å². The standard InChI is InChI=1S/C12H14BrNSi/c1-15(2,3)11-8-12(13)14-10-7-5-4-6-9(10)11/h4-8H,1-3H3. The van der Waals surface area contributed by atoms with Crippen molar-refractivity contribution in [2.45, 2.75) is 19.6 Å². The van der Waals surface area contributed by atoms with E-state index in [-0.39, 0.29) is 0 Å². The molecule has 3 heteroatoms. The summed E-state index contributed by atoms with van der Waals surface area (Å²) in [5.74, 6) is 0. The maximum absolute atomic E-state index is 4.49. The summed E-state index contributed by atoms with van der Waals surface area (Å²) in [4.78, 5) is 4.49. The van der Waals surface area contributed by atoms with Gasteiger partial charge in [-0.3, -0.25) is 0 Å². The molecule has 0 saturated heterocycles. The Balaban J connectivity index is 2.83. The number of aromatic nitrogens is 1. The Hall–Kier alpha value is -0.673. The molecule has 78 valence electrons. The first-order chi connectivity index (χ1) is 6.98. The third-order valence-corrected chi connectivity index (χ3v) is 4.93. The van der Waals surface area contributed by atoms with Crippen molar-refractivity contribution in [1.82, 2.24) is 4.98 Å². The molecule has 15 heavy (non-hydrogen) atoms. The molecular weight excluding hydrogens is 266 g/mol. The average molecular weight is 280 g/mol. The highest BCUT2D eigenvalue weighted by Crippen LogP contribution is 2.17. The van der Waals surface area contributed by atoms with Crippen molar-refractivity contribution in [2.24, 2.45) is 0 Å². The molecule has 0 radical (unpaired) electrons. The number of hydrogen-bond donors (Lipinski definition) is 0. The molecule has 0 atom stereocenters. The van der Waals surface area contributed by atoms with Crippen molar-refractivity contribution >= 4 is 40.1 Å².